The maximum absolute atomic E-state index is 12.3. The summed E-state index contributed by atoms with van der Waals surface area (Å²) in [4.78, 5) is 0.240. The van der Waals surface area contributed by atoms with Gasteiger partial charge in [-0.25, -0.2) is 13.1 Å². The number of hydrogen-bond acceptors (Lipinski definition) is 2. The van der Waals surface area contributed by atoms with Gasteiger partial charge in [0.05, 0.1) is 4.90 Å². The SMILES string of the molecule is Cc1cc(S(=O)(=O)NCC(C)c2ccccc2)ccc1Cl. The number of rotatable bonds is 5. The van der Waals surface area contributed by atoms with Gasteiger partial charge in [0.2, 0.25) is 10.0 Å². The van der Waals surface area contributed by atoms with E-state index in [0.29, 0.717) is 11.6 Å². The van der Waals surface area contributed by atoms with Gasteiger partial charge in [0.1, 0.15) is 0 Å². The van der Waals surface area contributed by atoms with Gasteiger partial charge in [-0.15, -0.1) is 0 Å². The van der Waals surface area contributed by atoms with Crippen LogP contribution in [0.4, 0.5) is 0 Å². The van der Waals surface area contributed by atoms with E-state index in [1.165, 1.54) is 6.07 Å². The molecule has 0 aliphatic heterocycles. The number of halogens is 1. The molecule has 5 heteroatoms. The summed E-state index contributed by atoms with van der Waals surface area (Å²) in [6.07, 6.45) is 0. The van der Waals surface area contributed by atoms with Crippen LogP contribution in [0.2, 0.25) is 5.02 Å². The van der Waals surface area contributed by atoms with Crippen LogP contribution in [0, 0.1) is 6.92 Å². The van der Waals surface area contributed by atoms with E-state index in [0.717, 1.165) is 11.1 Å². The van der Waals surface area contributed by atoms with Crippen molar-refractivity contribution in [2.75, 3.05) is 6.54 Å². The molecule has 0 aromatic heterocycles. The van der Waals surface area contributed by atoms with Crippen molar-refractivity contribution in [1.29, 1.82) is 0 Å². The lowest BCUT2D eigenvalue weighted by Crippen LogP contribution is -2.27. The van der Waals surface area contributed by atoms with Gasteiger partial charge in [-0.3, -0.25) is 0 Å². The van der Waals surface area contributed by atoms with Crippen LogP contribution < -0.4 is 4.72 Å². The Morgan fingerprint density at radius 2 is 1.81 bits per heavy atom. The molecule has 0 fully saturated rings. The Morgan fingerprint density at radius 1 is 1.14 bits per heavy atom. The third-order valence-corrected chi connectivity index (χ3v) is 5.23. The maximum Gasteiger partial charge on any atom is 0.240 e. The zero-order valence-corrected chi connectivity index (χ0v) is 13.6. The number of nitrogens with one attached hydrogen (secondary N) is 1. The Kier molecular flexibility index (Phi) is 5.04. The van der Waals surface area contributed by atoms with Gasteiger partial charge < -0.3 is 0 Å². The second kappa shape index (κ2) is 6.60. The molecule has 2 rings (SSSR count). The van der Waals surface area contributed by atoms with Crippen LogP contribution in [0.5, 0.6) is 0 Å². The van der Waals surface area contributed by atoms with Crippen molar-refractivity contribution < 1.29 is 8.42 Å². The summed E-state index contributed by atoms with van der Waals surface area (Å²) in [5.74, 6) is 0.106. The minimum atomic E-state index is -3.51. The fourth-order valence-corrected chi connectivity index (χ4v) is 3.33. The minimum Gasteiger partial charge on any atom is -0.211 e. The molecular formula is C16H18ClNO2S. The molecule has 112 valence electrons. The highest BCUT2D eigenvalue weighted by molar-refractivity contribution is 7.89. The molecule has 0 saturated heterocycles. The Hall–Kier alpha value is -1.36. The lowest BCUT2D eigenvalue weighted by atomic mass is 10.0. The first-order valence-corrected chi connectivity index (χ1v) is 8.57. The summed E-state index contributed by atoms with van der Waals surface area (Å²) < 4.78 is 27.2. The predicted octanol–water partition coefficient (Wildman–Crippen LogP) is 3.73. The van der Waals surface area contributed by atoms with Crippen LogP contribution >= 0.6 is 11.6 Å². The largest absolute Gasteiger partial charge is 0.240 e. The van der Waals surface area contributed by atoms with Gasteiger partial charge >= 0.3 is 0 Å². The van der Waals surface area contributed by atoms with Crippen LogP contribution in [0.1, 0.15) is 24.0 Å². The molecule has 0 aliphatic carbocycles. The number of benzene rings is 2. The normalized spacial score (nSPS) is 13.1. The van der Waals surface area contributed by atoms with Crippen LogP contribution in [-0.4, -0.2) is 15.0 Å². The Labute approximate surface area is 131 Å². The maximum atomic E-state index is 12.3. The summed E-state index contributed by atoms with van der Waals surface area (Å²) in [6, 6.07) is 14.5. The second-order valence-electron chi connectivity index (χ2n) is 5.07. The van der Waals surface area contributed by atoms with Gasteiger partial charge in [-0.1, -0.05) is 48.9 Å². The lowest BCUT2D eigenvalue weighted by molar-refractivity contribution is 0.575. The average molecular weight is 324 g/mol. The van der Waals surface area contributed by atoms with Crippen LogP contribution in [0.15, 0.2) is 53.4 Å². The molecule has 0 amide bonds. The average Bonchev–Trinajstić information content (AvgIpc) is 2.48. The van der Waals surface area contributed by atoms with Crippen LogP contribution in [0.3, 0.4) is 0 Å². The summed E-state index contributed by atoms with van der Waals surface area (Å²) in [5, 5.41) is 0.562. The van der Waals surface area contributed by atoms with E-state index in [1.54, 1.807) is 19.1 Å². The van der Waals surface area contributed by atoms with Gasteiger partial charge in [0, 0.05) is 11.6 Å². The Balaban J connectivity index is 2.09. The van der Waals surface area contributed by atoms with Crippen molar-refractivity contribution in [2.45, 2.75) is 24.7 Å². The van der Waals surface area contributed by atoms with Crippen LogP contribution in [-0.2, 0) is 10.0 Å². The van der Waals surface area contributed by atoms with Crippen molar-refractivity contribution in [1.82, 2.24) is 4.72 Å². The van der Waals surface area contributed by atoms with Crippen molar-refractivity contribution in [3.8, 4) is 0 Å². The van der Waals surface area contributed by atoms with Gasteiger partial charge in [-0.2, -0.15) is 0 Å². The molecule has 21 heavy (non-hydrogen) atoms. The highest BCUT2D eigenvalue weighted by atomic mass is 35.5. The molecule has 0 radical (unpaired) electrons. The van der Waals surface area contributed by atoms with E-state index in [1.807, 2.05) is 37.3 Å². The zero-order valence-electron chi connectivity index (χ0n) is 12.0. The highest BCUT2D eigenvalue weighted by Gasteiger charge is 2.16. The van der Waals surface area contributed by atoms with E-state index >= 15 is 0 Å². The molecule has 1 unspecified atom stereocenters. The first-order chi connectivity index (χ1) is 9.90. The van der Waals surface area contributed by atoms with Gasteiger partial charge in [0.25, 0.3) is 0 Å². The Bertz CT molecular complexity index is 714. The topological polar surface area (TPSA) is 46.2 Å². The van der Waals surface area contributed by atoms with Crippen molar-refractivity contribution in [3.63, 3.8) is 0 Å². The summed E-state index contributed by atoms with van der Waals surface area (Å²) >= 11 is 5.92. The van der Waals surface area contributed by atoms with E-state index in [4.69, 9.17) is 11.6 Å². The fraction of sp³-hybridized carbons (Fsp3) is 0.250. The number of hydrogen-bond donors (Lipinski definition) is 1. The smallest absolute Gasteiger partial charge is 0.211 e. The van der Waals surface area contributed by atoms with Crippen molar-refractivity contribution >= 4 is 21.6 Å². The van der Waals surface area contributed by atoms with E-state index < -0.39 is 10.0 Å². The molecule has 0 spiro atoms. The predicted molar refractivity (Wildman–Crippen MR) is 86.2 cm³/mol. The van der Waals surface area contributed by atoms with Gasteiger partial charge in [0.15, 0.2) is 0 Å². The molecule has 2 aromatic rings. The molecule has 0 heterocycles. The molecule has 0 bridgehead atoms. The number of aryl methyl sites for hydroxylation is 1. The molecule has 0 aliphatic rings. The standard InChI is InChI=1S/C16H18ClNO2S/c1-12-10-15(8-9-16(12)17)21(19,20)18-11-13(2)14-6-4-3-5-7-14/h3-10,13,18H,11H2,1-2H3. The molecular weight excluding hydrogens is 306 g/mol. The lowest BCUT2D eigenvalue weighted by Gasteiger charge is -2.14. The molecule has 2 aromatic carbocycles. The quantitative estimate of drug-likeness (QED) is 0.911. The van der Waals surface area contributed by atoms with Crippen molar-refractivity contribution in [2.24, 2.45) is 0 Å². The molecule has 1 atom stereocenters. The monoisotopic (exact) mass is 323 g/mol. The first kappa shape index (κ1) is 16.0. The molecule has 0 saturated carbocycles. The van der Waals surface area contributed by atoms with Crippen molar-refractivity contribution in [3.05, 3.63) is 64.7 Å². The van der Waals surface area contributed by atoms with E-state index in [-0.39, 0.29) is 10.8 Å². The third kappa shape index (κ3) is 4.06. The van der Waals surface area contributed by atoms with E-state index in [9.17, 15) is 8.42 Å². The first-order valence-electron chi connectivity index (χ1n) is 6.71. The minimum absolute atomic E-state index is 0.106. The summed E-state index contributed by atoms with van der Waals surface area (Å²) in [7, 11) is -3.51. The zero-order chi connectivity index (χ0) is 15.5. The summed E-state index contributed by atoms with van der Waals surface area (Å²) in [5.41, 5.74) is 1.85. The Morgan fingerprint density at radius 3 is 2.43 bits per heavy atom. The van der Waals surface area contributed by atoms with E-state index in [2.05, 4.69) is 4.72 Å². The van der Waals surface area contributed by atoms with Gasteiger partial charge in [-0.05, 0) is 42.2 Å². The second-order valence-corrected chi connectivity index (χ2v) is 7.25. The molecule has 1 N–H and O–H groups in total. The fourth-order valence-electron chi connectivity index (χ4n) is 2.00. The third-order valence-electron chi connectivity index (χ3n) is 3.39. The number of sulfonamides is 1. The highest BCUT2D eigenvalue weighted by Crippen LogP contribution is 2.20. The molecule has 3 nitrogen and oxygen atoms in total. The summed E-state index contributed by atoms with van der Waals surface area (Å²) in [6.45, 7) is 4.13. The van der Waals surface area contributed by atoms with Crippen LogP contribution in [0.25, 0.3) is 0 Å².